The van der Waals surface area contributed by atoms with E-state index in [2.05, 4.69) is 20.0 Å². The number of amides is 1. The summed E-state index contributed by atoms with van der Waals surface area (Å²) in [5.41, 5.74) is 1.01. The first-order chi connectivity index (χ1) is 13.7. The van der Waals surface area contributed by atoms with E-state index in [1.807, 2.05) is 30.3 Å². The number of anilines is 1. The number of nitrogens with zero attached hydrogens (tertiary/aromatic N) is 6. The van der Waals surface area contributed by atoms with Crippen LogP contribution in [-0.2, 0) is 6.54 Å². The van der Waals surface area contributed by atoms with Gasteiger partial charge in [0.05, 0.1) is 12.7 Å². The van der Waals surface area contributed by atoms with E-state index in [0.717, 1.165) is 11.4 Å². The van der Waals surface area contributed by atoms with Gasteiger partial charge in [-0.2, -0.15) is 5.10 Å². The van der Waals surface area contributed by atoms with Crippen molar-refractivity contribution in [1.29, 1.82) is 0 Å². The van der Waals surface area contributed by atoms with Crippen LogP contribution in [0, 0.1) is 0 Å². The molecule has 0 spiro atoms. The van der Waals surface area contributed by atoms with Crippen LogP contribution in [-0.4, -0.2) is 56.7 Å². The van der Waals surface area contributed by atoms with E-state index in [4.69, 9.17) is 0 Å². The second kappa shape index (κ2) is 7.99. The van der Waals surface area contributed by atoms with Gasteiger partial charge in [-0.3, -0.25) is 14.6 Å². The van der Waals surface area contributed by atoms with E-state index in [0.29, 0.717) is 32.7 Å². The van der Waals surface area contributed by atoms with Gasteiger partial charge >= 0.3 is 0 Å². The molecule has 1 amide bonds. The summed E-state index contributed by atoms with van der Waals surface area (Å²) >= 11 is 0. The summed E-state index contributed by atoms with van der Waals surface area (Å²) in [5.74, 6) is 0.643. The Labute approximate surface area is 162 Å². The minimum Gasteiger partial charge on any atom is -0.352 e. The second-order valence-corrected chi connectivity index (χ2v) is 6.54. The first-order valence-electron chi connectivity index (χ1n) is 9.13. The highest BCUT2D eigenvalue weighted by Crippen LogP contribution is 2.13. The molecule has 0 bridgehead atoms. The lowest BCUT2D eigenvalue weighted by Crippen LogP contribution is -2.49. The third-order valence-corrected chi connectivity index (χ3v) is 4.70. The summed E-state index contributed by atoms with van der Waals surface area (Å²) in [7, 11) is 0. The first-order valence-corrected chi connectivity index (χ1v) is 9.13. The number of hydrogen-bond acceptors (Lipinski definition) is 6. The van der Waals surface area contributed by atoms with Crippen molar-refractivity contribution in [3.8, 4) is 0 Å². The van der Waals surface area contributed by atoms with Crippen LogP contribution in [0.3, 0.4) is 0 Å². The van der Waals surface area contributed by atoms with Crippen LogP contribution in [0.5, 0.6) is 0 Å². The molecule has 142 valence electrons. The van der Waals surface area contributed by atoms with Gasteiger partial charge in [0.2, 0.25) is 0 Å². The molecule has 0 unspecified atom stereocenters. The van der Waals surface area contributed by atoms with E-state index in [1.54, 1.807) is 23.5 Å². The van der Waals surface area contributed by atoms with Gasteiger partial charge < -0.3 is 9.80 Å². The molecule has 0 radical (unpaired) electrons. The Bertz CT molecular complexity index is 998. The molecule has 3 heterocycles. The molecule has 0 N–H and O–H groups in total. The van der Waals surface area contributed by atoms with Gasteiger partial charge in [-0.1, -0.05) is 30.3 Å². The smallest absolute Gasteiger partial charge is 0.274 e. The highest BCUT2D eigenvalue weighted by molar-refractivity contribution is 5.92. The molecule has 0 atom stereocenters. The van der Waals surface area contributed by atoms with Gasteiger partial charge in [0.25, 0.3) is 11.5 Å². The maximum absolute atomic E-state index is 12.9. The van der Waals surface area contributed by atoms with Crippen molar-refractivity contribution in [2.24, 2.45) is 0 Å². The van der Waals surface area contributed by atoms with E-state index < -0.39 is 0 Å². The Morgan fingerprint density at radius 2 is 1.75 bits per heavy atom. The second-order valence-electron chi connectivity index (χ2n) is 6.54. The van der Waals surface area contributed by atoms with Gasteiger partial charge in [0.1, 0.15) is 11.5 Å². The van der Waals surface area contributed by atoms with Gasteiger partial charge in [-0.05, 0) is 11.6 Å². The van der Waals surface area contributed by atoms with Gasteiger partial charge in [0.15, 0.2) is 0 Å². The lowest BCUT2D eigenvalue weighted by atomic mass is 10.2. The van der Waals surface area contributed by atoms with Crippen LogP contribution in [0.15, 0.2) is 65.8 Å². The number of carbonyl (C=O) groups excluding carboxylic acids is 1. The molecule has 4 rings (SSSR count). The number of benzene rings is 1. The number of aromatic nitrogens is 4. The van der Waals surface area contributed by atoms with E-state index in [9.17, 15) is 9.59 Å². The Kier molecular flexibility index (Phi) is 5.09. The van der Waals surface area contributed by atoms with Crippen LogP contribution < -0.4 is 10.5 Å². The molecule has 1 aliphatic heterocycles. The summed E-state index contributed by atoms with van der Waals surface area (Å²) in [6.07, 6.45) is 5.02. The first kappa shape index (κ1) is 17.8. The van der Waals surface area contributed by atoms with Crippen LogP contribution in [0.4, 0.5) is 5.82 Å². The molecule has 1 saturated heterocycles. The lowest BCUT2D eigenvalue weighted by Gasteiger charge is -2.35. The summed E-state index contributed by atoms with van der Waals surface area (Å²) in [6, 6.07) is 12.5. The van der Waals surface area contributed by atoms with Crippen molar-refractivity contribution >= 4 is 11.7 Å². The summed E-state index contributed by atoms with van der Waals surface area (Å²) in [5, 5.41) is 4.30. The van der Waals surface area contributed by atoms with Crippen molar-refractivity contribution in [1.82, 2.24) is 24.6 Å². The Balaban J connectivity index is 1.45. The minimum absolute atomic E-state index is 0.166. The third-order valence-electron chi connectivity index (χ3n) is 4.70. The van der Waals surface area contributed by atoms with Crippen LogP contribution in [0.1, 0.15) is 16.1 Å². The highest BCUT2D eigenvalue weighted by Gasteiger charge is 2.24. The lowest BCUT2D eigenvalue weighted by molar-refractivity contribution is 0.0737. The molecule has 2 aromatic heterocycles. The SMILES string of the molecule is O=C(c1ccc(=O)n(Cc2ccccc2)n1)N1CCN(c2cnccn2)CC1. The quantitative estimate of drug-likeness (QED) is 0.677. The number of piperazine rings is 1. The topological polar surface area (TPSA) is 84.2 Å². The average Bonchev–Trinajstić information content (AvgIpc) is 2.76. The molecule has 0 saturated carbocycles. The van der Waals surface area contributed by atoms with E-state index in [1.165, 1.54) is 16.8 Å². The summed E-state index contributed by atoms with van der Waals surface area (Å²) in [6.45, 7) is 2.81. The van der Waals surface area contributed by atoms with Gasteiger partial charge in [-0.25, -0.2) is 9.67 Å². The van der Waals surface area contributed by atoms with Gasteiger partial charge in [0, 0.05) is 44.6 Å². The molecule has 1 aromatic carbocycles. The molecule has 8 heteroatoms. The number of hydrogen-bond donors (Lipinski definition) is 0. The molecular weight excluding hydrogens is 356 g/mol. The fourth-order valence-corrected chi connectivity index (χ4v) is 3.19. The standard InChI is InChI=1S/C20H20N6O2/c27-19-7-6-17(23-26(19)15-16-4-2-1-3-5-16)20(28)25-12-10-24(11-13-25)18-14-21-8-9-22-18/h1-9,14H,10-13,15H2. The highest BCUT2D eigenvalue weighted by atomic mass is 16.2. The van der Waals surface area contributed by atoms with Crippen molar-refractivity contribution in [2.75, 3.05) is 31.1 Å². The zero-order valence-electron chi connectivity index (χ0n) is 15.3. The van der Waals surface area contributed by atoms with Crippen LogP contribution in [0.25, 0.3) is 0 Å². The van der Waals surface area contributed by atoms with Crippen molar-refractivity contribution in [3.63, 3.8) is 0 Å². The molecule has 0 aliphatic carbocycles. The Morgan fingerprint density at radius 1 is 0.964 bits per heavy atom. The molecule has 28 heavy (non-hydrogen) atoms. The zero-order chi connectivity index (χ0) is 19.3. The fourth-order valence-electron chi connectivity index (χ4n) is 3.19. The van der Waals surface area contributed by atoms with Crippen LogP contribution in [0.2, 0.25) is 0 Å². The maximum atomic E-state index is 12.9. The Morgan fingerprint density at radius 3 is 2.46 bits per heavy atom. The van der Waals surface area contributed by atoms with E-state index in [-0.39, 0.29) is 17.2 Å². The number of rotatable bonds is 4. The zero-order valence-corrected chi connectivity index (χ0v) is 15.3. The largest absolute Gasteiger partial charge is 0.352 e. The molecule has 3 aromatic rings. The van der Waals surface area contributed by atoms with Crippen molar-refractivity contribution < 1.29 is 4.79 Å². The minimum atomic E-state index is -0.229. The predicted molar refractivity (Wildman–Crippen MR) is 104 cm³/mol. The molecule has 1 aliphatic rings. The van der Waals surface area contributed by atoms with Crippen molar-refractivity contribution in [2.45, 2.75) is 6.54 Å². The predicted octanol–water partition coefficient (Wildman–Crippen LogP) is 1.04. The Hall–Kier alpha value is -3.55. The monoisotopic (exact) mass is 376 g/mol. The van der Waals surface area contributed by atoms with Crippen molar-refractivity contribution in [3.05, 3.63) is 82.7 Å². The average molecular weight is 376 g/mol. The molecule has 1 fully saturated rings. The molecular formula is C20H20N6O2. The maximum Gasteiger partial charge on any atom is 0.274 e. The number of carbonyl (C=O) groups is 1. The fraction of sp³-hybridized carbons (Fsp3) is 0.250. The van der Waals surface area contributed by atoms with Crippen LogP contribution >= 0.6 is 0 Å². The summed E-state index contributed by atoms with van der Waals surface area (Å²) in [4.78, 5) is 37.2. The summed E-state index contributed by atoms with van der Waals surface area (Å²) < 4.78 is 1.33. The van der Waals surface area contributed by atoms with Gasteiger partial charge in [-0.15, -0.1) is 0 Å². The van der Waals surface area contributed by atoms with E-state index >= 15 is 0 Å². The third kappa shape index (κ3) is 3.90. The normalized spacial score (nSPS) is 14.1. The molecule has 8 nitrogen and oxygen atoms in total.